The quantitative estimate of drug-likeness (QED) is 0.0464. The van der Waals surface area contributed by atoms with Crippen LogP contribution in [0.1, 0.15) is 165 Å². The van der Waals surface area contributed by atoms with Gasteiger partial charge >= 0.3 is 11.9 Å². The van der Waals surface area contributed by atoms with Crippen LogP contribution in [0, 0.1) is 0 Å². The Morgan fingerprint density at radius 1 is 0.512 bits per heavy atom. The van der Waals surface area contributed by atoms with Crippen molar-refractivity contribution < 1.29 is 19.1 Å². The second-order valence-electron chi connectivity index (χ2n) is 13.6. The van der Waals surface area contributed by atoms with Crippen LogP contribution < -0.4 is 0 Å². The van der Waals surface area contributed by atoms with Crippen molar-refractivity contribution in [3.63, 3.8) is 0 Å². The van der Waals surface area contributed by atoms with E-state index in [0.29, 0.717) is 0 Å². The molecule has 254 valence electrons. The minimum Gasteiger partial charge on any atom is -0.466 e. The molecule has 0 aliphatic carbocycles. The molecule has 0 spiro atoms. The van der Waals surface area contributed by atoms with E-state index in [1.165, 1.54) is 113 Å². The van der Waals surface area contributed by atoms with Gasteiger partial charge in [0.15, 0.2) is 0 Å². The lowest BCUT2D eigenvalue weighted by Gasteiger charge is -2.40. The first kappa shape index (κ1) is 42.1. The Kier molecular flexibility index (Phi) is 24.8. The van der Waals surface area contributed by atoms with E-state index in [9.17, 15) is 9.59 Å². The molecule has 0 saturated carbocycles. The van der Waals surface area contributed by atoms with Gasteiger partial charge in [-0.25, -0.2) is 4.79 Å². The molecule has 0 aromatic heterocycles. The van der Waals surface area contributed by atoms with Gasteiger partial charge in [0, 0.05) is 5.57 Å². The van der Waals surface area contributed by atoms with Gasteiger partial charge in [0.2, 0.25) is 0 Å². The Bertz CT molecular complexity index is 695. The molecule has 0 N–H and O–H groups in total. The highest BCUT2D eigenvalue weighted by atomic mass is 28.3. The number of unbranched alkanes of at least 4 members (excludes halogenated alkanes) is 6. The lowest BCUT2D eigenvalue weighted by Crippen LogP contribution is -2.50. The number of rotatable bonds is 29. The van der Waals surface area contributed by atoms with Gasteiger partial charge in [0.1, 0.15) is 16.1 Å². The standard InChI is InChI=1S/C37H74O4Si2/c1-10-18-26-42(27-19-11-2,28-20-12-3)35(24-16-7)40-34(38)32-33(9)37(39)41-36(25-17-8)43(29-21-13-4,30-22-14-5)31-23-15-6/h35-36H,9-32H2,1-8H3. The van der Waals surface area contributed by atoms with Crippen LogP contribution in [-0.4, -0.2) is 39.5 Å². The zero-order chi connectivity index (χ0) is 32.6. The number of carbonyl (C=O) groups is 2. The number of esters is 2. The van der Waals surface area contributed by atoms with Crippen molar-refractivity contribution in [1.29, 1.82) is 0 Å². The molecule has 0 rings (SSSR count). The van der Waals surface area contributed by atoms with E-state index >= 15 is 0 Å². The van der Waals surface area contributed by atoms with Gasteiger partial charge in [-0.15, -0.1) is 0 Å². The first-order valence-corrected chi connectivity index (χ1v) is 24.2. The smallest absolute Gasteiger partial charge is 0.333 e. The summed E-state index contributed by atoms with van der Waals surface area (Å²) in [5, 5.41) is 0. The zero-order valence-electron chi connectivity index (χ0n) is 30.3. The second kappa shape index (κ2) is 25.3. The number of ether oxygens (including phenoxy) is 2. The maximum absolute atomic E-state index is 13.6. The van der Waals surface area contributed by atoms with E-state index < -0.39 is 16.1 Å². The molecule has 4 nitrogen and oxygen atoms in total. The summed E-state index contributed by atoms with van der Waals surface area (Å²) in [4.78, 5) is 27.0. The van der Waals surface area contributed by atoms with E-state index in [4.69, 9.17) is 9.47 Å². The van der Waals surface area contributed by atoms with Crippen LogP contribution >= 0.6 is 0 Å². The van der Waals surface area contributed by atoms with E-state index in [-0.39, 0.29) is 35.4 Å². The fourth-order valence-corrected chi connectivity index (χ4v) is 19.4. The maximum atomic E-state index is 13.6. The second-order valence-corrected chi connectivity index (χ2v) is 23.3. The molecule has 0 radical (unpaired) electrons. The monoisotopic (exact) mass is 639 g/mol. The van der Waals surface area contributed by atoms with Crippen molar-refractivity contribution in [3.05, 3.63) is 12.2 Å². The van der Waals surface area contributed by atoms with Crippen LogP contribution in [-0.2, 0) is 19.1 Å². The highest BCUT2D eigenvalue weighted by Gasteiger charge is 2.43. The Morgan fingerprint density at radius 2 is 0.814 bits per heavy atom. The molecule has 0 aliphatic rings. The van der Waals surface area contributed by atoms with Gasteiger partial charge in [0.05, 0.1) is 17.9 Å². The van der Waals surface area contributed by atoms with Crippen LogP contribution in [0.15, 0.2) is 12.2 Å². The third-order valence-corrected chi connectivity index (χ3v) is 21.4. The van der Waals surface area contributed by atoms with Gasteiger partial charge in [-0.3, -0.25) is 4.79 Å². The summed E-state index contributed by atoms with van der Waals surface area (Å²) in [5.41, 5.74) is 0.310. The number of carbonyl (C=O) groups excluding carboxylic acids is 2. The van der Waals surface area contributed by atoms with Gasteiger partial charge < -0.3 is 9.47 Å². The van der Waals surface area contributed by atoms with Gasteiger partial charge in [0.25, 0.3) is 0 Å². The van der Waals surface area contributed by atoms with Gasteiger partial charge in [-0.1, -0.05) is 188 Å². The van der Waals surface area contributed by atoms with E-state index in [2.05, 4.69) is 62.0 Å². The molecular formula is C37H74O4Si2. The topological polar surface area (TPSA) is 52.6 Å². The third-order valence-electron chi connectivity index (χ3n) is 9.81. The summed E-state index contributed by atoms with van der Waals surface area (Å²) in [6.45, 7) is 22.1. The van der Waals surface area contributed by atoms with Crippen LogP contribution in [0.4, 0.5) is 0 Å². The average molecular weight is 639 g/mol. The molecule has 6 heteroatoms. The molecule has 2 atom stereocenters. The molecule has 0 aromatic carbocycles. The van der Waals surface area contributed by atoms with Crippen molar-refractivity contribution in [2.24, 2.45) is 0 Å². The number of hydrogen-bond acceptors (Lipinski definition) is 4. The molecule has 0 aromatic rings. The normalized spacial score (nSPS) is 13.5. The molecule has 2 unspecified atom stereocenters. The molecule has 0 amide bonds. The molecule has 0 bridgehead atoms. The van der Waals surface area contributed by atoms with E-state index in [0.717, 1.165) is 25.7 Å². The van der Waals surface area contributed by atoms with E-state index in [1.807, 2.05) is 0 Å². The van der Waals surface area contributed by atoms with Crippen LogP contribution in [0.25, 0.3) is 0 Å². The fourth-order valence-electron chi connectivity index (χ4n) is 7.05. The predicted molar refractivity (Wildman–Crippen MR) is 193 cm³/mol. The Balaban J connectivity index is 5.93. The molecular weight excluding hydrogens is 565 g/mol. The summed E-state index contributed by atoms with van der Waals surface area (Å²) >= 11 is 0. The Morgan fingerprint density at radius 3 is 1.09 bits per heavy atom. The lowest BCUT2D eigenvalue weighted by atomic mass is 10.2. The molecule has 0 saturated heterocycles. The highest BCUT2D eigenvalue weighted by molar-refractivity contribution is 6.81. The fraction of sp³-hybridized carbons (Fsp3) is 0.892. The lowest BCUT2D eigenvalue weighted by molar-refractivity contribution is -0.149. The molecule has 0 aliphatic heterocycles. The summed E-state index contributed by atoms with van der Waals surface area (Å²) in [6, 6.07) is 7.41. The van der Waals surface area contributed by atoms with Gasteiger partial charge in [-0.05, 0) is 12.8 Å². The van der Waals surface area contributed by atoms with Crippen molar-refractivity contribution in [1.82, 2.24) is 0 Å². The minimum absolute atomic E-state index is 0.00690. The molecule has 43 heavy (non-hydrogen) atoms. The Labute approximate surface area is 270 Å². The largest absolute Gasteiger partial charge is 0.466 e. The highest BCUT2D eigenvalue weighted by Crippen LogP contribution is 2.37. The van der Waals surface area contributed by atoms with Gasteiger partial charge in [-0.2, -0.15) is 0 Å². The average Bonchev–Trinajstić information content (AvgIpc) is 3.00. The summed E-state index contributed by atoms with van der Waals surface area (Å²) in [5.74, 6) is -0.643. The van der Waals surface area contributed by atoms with Crippen LogP contribution in [0.5, 0.6) is 0 Å². The van der Waals surface area contributed by atoms with Crippen LogP contribution in [0.3, 0.4) is 0 Å². The minimum atomic E-state index is -1.85. The first-order chi connectivity index (χ1) is 20.7. The first-order valence-electron chi connectivity index (χ1n) is 18.8. The van der Waals surface area contributed by atoms with Crippen molar-refractivity contribution >= 4 is 28.1 Å². The maximum Gasteiger partial charge on any atom is 0.333 e. The van der Waals surface area contributed by atoms with E-state index in [1.54, 1.807) is 0 Å². The number of hydrogen-bond donors (Lipinski definition) is 0. The van der Waals surface area contributed by atoms with Crippen molar-refractivity contribution in [2.75, 3.05) is 0 Å². The molecule has 0 fully saturated rings. The van der Waals surface area contributed by atoms with Crippen molar-refractivity contribution in [3.8, 4) is 0 Å². The SMILES string of the molecule is C=C(CC(=O)OC(CCC)[Si](CCCC)(CCCC)CCCC)C(=O)OC(CCC)[Si](CCCC)(CCCC)CCCC. The van der Waals surface area contributed by atoms with Crippen molar-refractivity contribution in [2.45, 2.75) is 212 Å². The summed E-state index contributed by atoms with van der Waals surface area (Å²) in [7, 11) is -3.69. The predicted octanol–water partition coefficient (Wildman–Crippen LogP) is 12.1. The Hall–Kier alpha value is -0.886. The summed E-state index contributed by atoms with van der Waals surface area (Å²) < 4.78 is 12.8. The summed E-state index contributed by atoms with van der Waals surface area (Å²) in [6.07, 6.45) is 18.2. The molecule has 0 heterocycles. The zero-order valence-corrected chi connectivity index (χ0v) is 32.3. The van der Waals surface area contributed by atoms with Crippen LogP contribution in [0.2, 0.25) is 36.3 Å². The third kappa shape index (κ3) is 15.8.